The van der Waals surface area contributed by atoms with E-state index in [1.54, 1.807) is 30.3 Å². The number of para-hydroxylation sites is 1. The van der Waals surface area contributed by atoms with Crippen LogP contribution in [-0.4, -0.2) is 46.0 Å². The Morgan fingerprint density at radius 2 is 1.74 bits per heavy atom. The summed E-state index contributed by atoms with van der Waals surface area (Å²) in [7, 11) is 0. The molecule has 0 aliphatic heterocycles. The summed E-state index contributed by atoms with van der Waals surface area (Å²) < 4.78 is 5.14. The first-order valence-electron chi connectivity index (χ1n) is 11.4. The molecule has 0 saturated carbocycles. The molecule has 0 heterocycles. The van der Waals surface area contributed by atoms with Gasteiger partial charge in [-0.2, -0.15) is 0 Å². The SMILES string of the molecule is CC(C)COC(=O)N[C@@H](C(=O)N[C@]1(O)CCc2ccccc21)[C@H](Cc1ccccc1O)C(=O)NO. The average molecular weight is 486 g/mol. The summed E-state index contributed by atoms with van der Waals surface area (Å²) in [4.78, 5) is 38.6. The summed E-state index contributed by atoms with van der Waals surface area (Å²) in [5.74, 6) is -3.25. The monoisotopic (exact) mass is 485 g/mol. The van der Waals surface area contributed by atoms with Crippen LogP contribution >= 0.6 is 0 Å². The first-order chi connectivity index (χ1) is 16.6. The third-order valence-electron chi connectivity index (χ3n) is 5.93. The summed E-state index contributed by atoms with van der Waals surface area (Å²) in [5, 5.41) is 35.8. The number of rotatable bonds is 9. The highest BCUT2D eigenvalue weighted by atomic mass is 16.5. The van der Waals surface area contributed by atoms with E-state index in [1.807, 2.05) is 26.0 Å². The van der Waals surface area contributed by atoms with Crippen LogP contribution in [0.2, 0.25) is 0 Å². The fraction of sp³-hybridized carbons (Fsp3) is 0.400. The maximum absolute atomic E-state index is 13.5. The van der Waals surface area contributed by atoms with Crippen LogP contribution in [0.15, 0.2) is 48.5 Å². The van der Waals surface area contributed by atoms with Gasteiger partial charge in [-0.1, -0.05) is 56.3 Å². The summed E-state index contributed by atoms with van der Waals surface area (Å²) >= 11 is 0. The van der Waals surface area contributed by atoms with E-state index in [4.69, 9.17) is 4.74 Å². The van der Waals surface area contributed by atoms with Gasteiger partial charge in [0.05, 0.1) is 12.5 Å². The molecule has 6 N–H and O–H groups in total. The Labute approximate surface area is 203 Å². The zero-order chi connectivity index (χ0) is 25.6. The lowest BCUT2D eigenvalue weighted by molar-refractivity contribution is -0.141. The smallest absolute Gasteiger partial charge is 0.407 e. The number of phenols is 1. The molecule has 0 bridgehead atoms. The van der Waals surface area contributed by atoms with E-state index >= 15 is 0 Å². The van der Waals surface area contributed by atoms with Gasteiger partial charge in [-0.3, -0.25) is 14.8 Å². The Hall–Kier alpha value is -3.63. The van der Waals surface area contributed by atoms with Gasteiger partial charge >= 0.3 is 6.09 Å². The molecule has 1 aliphatic carbocycles. The van der Waals surface area contributed by atoms with Crippen LogP contribution in [0.25, 0.3) is 0 Å². The maximum atomic E-state index is 13.5. The number of ether oxygens (including phenoxy) is 1. The van der Waals surface area contributed by atoms with Crippen LogP contribution in [0, 0.1) is 11.8 Å². The first kappa shape index (κ1) is 26.0. The van der Waals surface area contributed by atoms with E-state index in [9.17, 15) is 29.8 Å². The van der Waals surface area contributed by atoms with Crippen molar-refractivity contribution in [1.29, 1.82) is 0 Å². The van der Waals surface area contributed by atoms with Crippen molar-refractivity contribution in [2.24, 2.45) is 11.8 Å². The van der Waals surface area contributed by atoms with Gasteiger partial charge in [0.1, 0.15) is 11.8 Å². The molecule has 3 atom stereocenters. The van der Waals surface area contributed by atoms with Gasteiger partial charge < -0.3 is 25.6 Å². The number of aromatic hydroxyl groups is 1. The van der Waals surface area contributed by atoms with Crippen LogP contribution in [-0.2, 0) is 32.9 Å². The minimum atomic E-state index is -1.70. The molecular weight excluding hydrogens is 454 g/mol. The van der Waals surface area contributed by atoms with Crippen molar-refractivity contribution in [1.82, 2.24) is 16.1 Å². The van der Waals surface area contributed by atoms with E-state index in [1.165, 1.54) is 11.5 Å². The highest BCUT2D eigenvalue weighted by Gasteiger charge is 2.43. The third kappa shape index (κ3) is 6.28. The molecule has 0 spiro atoms. The molecular formula is C25H31N3O7. The zero-order valence-electron chi connectivity index (χ0n) is 19.7. The standard InChI is InChI=1S/C25H31N3O7/c1-15(2)14-35-24(32)26-21(18(22(30)28-34)13-17-8-4-6-10-20(17)29)23(31)27-25(33)12-11-16-7-3-5-9-19(16)25/h3-10,15,18,21,29,33-34H,11-14H2,1-2H3,(H,26,32)(H,27,31)(H,28,30)/t18-,21+,25-/m0/s1. The number of hydroxylamine groups is 1. The normalized spacial score (nSPS) is 18.3. The van der Waals surface area contributed by atoms with Gasteiger partial charge in [-0.25, -0.2) is 10.3 Å². The van der Waals surface area contributed by atoms with Crippen LogP contribution in [0.3, 0.4) is 0 Å². The maximum Gasteiger partial charge on any atom is 0.407 e. The number of alkyl carbamates (subject to hydrolysis) is 1. The largest absolute Gasteiger partial charge is 0.508 e. The van der Waals surface area contributed by atoms with Gasteiger partial charge in [0.15, 0.2) is 5.72 Å². The van der Waals surface area contributed by atoms with E-state index in [2.05, 4.69) is 10.6 Å². The summed E-state index contributed by atoms with van der Waals surface area (Å²) in [6.07, 6.45) is -0.402. The molecule has 1 aliphatic rings. The molecule has 10 heteroatoms. The highest BCUT2D eigenvalue weighted by molar-refractivity contribution is 5.92. The second-order valence-corrected chi connectivity index (χ2v) is 9.04. The lowest BCUT2D eigenvalue weighted by atomic mass is 9.89. The van der Waals surface area contributed by atoms with E-state index in [0.717, 1.165) is 5.56 Å². The second kappa shape index (κ2) is 11.2. The summed E-state index contributed by atoms with van der Waals surface area (Å²) in [5.41, 5.74) is 1.54. The van der Waals surface area contributed by atoms with E-state index in [0.29, 0.717) is 17.5 Å². The lowest BCUT2D eigenvalue weighted by Gasteiger charge is -2.31. The molecule has 3 amide bonds. The van der Waals surface area contributed by atoms with Crippen molar-refractivity contribution in [3.63, 3.8) is 0 Å². The Kier molecular flexibility index (Phi) is 8.31. The molecule has 2 aromatic rings. The number of carbonyl (C=O) groups is 3. The Balaban J connectivity index is 1.91. The minimum Gasteiger partial charge on any atom is -0.508 e. The Morgan fingerprint density at radius 1 is 1.06 bits per heavy atom. The molecule has 188 valence electrons. The Morgan fingerprint density at radius 3 is 2.43 bits per heavy atom. The van der Waals surface area contributed by atoms with Gasteiger partial charge in [0, 0.05) is 12.0 Å². The van der Waals surface area contributed by atoms with Gasteiger partial charge in [0.2, 0.25) is 11.8 Å². The molecule has 0 unspecified atom stereocenters. The molecule has 0 radical (unpaired) electrons. The lowest BCUT2D eigenvalue weighted by Crippen LogP contribution is -2.58. The molecule has 2 aromatic carbocycles. The molecule has 0 aromatic heterocycles. The number of carbonyl (C=O) groups excluding carboxylic acids is 3. The molecule has 0 fully saturated rings. The van der Waals surface area contributed by atoms with Crippen molar-refractivity contribution >= 4 is 17.9 Å². The number of benzene rings is 2. The zero-order valence-corrected chi connectivity index (χ0v) is 19.7. The topological polar surface area (TPSA) is 157 Å². The van der Waals surface area contributed by atoms with Crippen molar-refractivity contribution in [2.75, 3.05) is 6.61 Å². The average Bonchev–Trinajstić information content (AvgIpc) is 3.16. The van der Waals surface area contributed by atoms with Gasteiger partial charge in [-0.05, 0) is 36.0 Å². The van der Waals surface area contributed by atoms with Crippen LogP contribution in [0.1, 0.15) is 37.0 Å². The fourth-order valence-electron chi connectivity index (χ4n) is 4.13. The predicted octanol–water partition coefficient (Wildman–Crippen LogP) is 1.71. The summed E-state index contributed by atoms with van der Waals surface area (Å²) in [6, 6.07) is 11.8. The fourth-order valence-corrected chi connectivity index (χ4v) is 4.13. The predicted molar refractivity (Wildman–Crippen MR) is 125 cm³/mol. The quantitative estimate of drug-likeness (QED) is 0.179. The molecule has 10 nitrogen and oxygen atoms in total. The number of hydrogen-bond acceptors (Lipinski definition) is 7. The Bertz CT molecular complexity index is 1070. The van der Waals surface area contributed by atoms with Crippen molar-refractivity contribution in [2.45, 2.75) is 44.9 Å². The molecule has 35 heavy (non-hydrogen) atoms. The number of hydrogen-bond donors (Lipinski definition) is 6. The number of nitrogens with one attached hydrogen (secondary N) is 3. The number of aryl methyl sites for hydroxylation is 1. The molecule has 3 rings (SSSR count). The van der Waals surface area contributed by atoms with Crippen LogP contribution in [0.5, 0.6) is 5.75 Å². The number of fused-ring (bicyclic) bond motifs is 1. The van der Waals surface area contributed by atoms with Crippen LogP contribution < -0.4 is 16.1 Å². The van der Waals surface area contributed by atoms with Crippen molar-refractivity contribution in [3.8, 4) is 5.75 Å². The first-order valence-corrected chi connectivity index (χ1v) is 11.4. The number of aliphatic hydroxyl groups is 1. The van der Waals surface area contributed by atoms with Crippen molar-refractivity contribution < 1.29 is 34.5 Å². The molecule has 0 saturated heterocycles. The highest BCUT2D eigenvalue weighted by Crippen LogP contribution is 2.35. The van der Waals surface area contributed by atoms with Crippen LogP contribution in [0.4, 0.5) is 4.79 Å². The van der Waals surface area contributed by atoms with E-state index < -0.39 is 35.6 Å². The van der Waals surface area contributed by atoms with Gasteiger partial charge in [-0.15, -0.1) is 0 Å². The van der Waals surface area contributed by atoms with Crippen molar-refractivity contribution in [3.05, 3.63) is 65.2 Å². The van der Waals surface area contributed by atoms with E-state index in [-0.39, 0.29) is 31.1 Å². The van der Waals surface area contributed by atoms with Gasteiger partial charge in [0.25, 0.3) is 0 Å². The number of phenolic OH excluding ortho intramolecular Hbond substituents is 1. The number of amides is 3. The summed E-state index contributed by atoms with van der Waals surface area (Å²) in [6.45, 7) is 3.75. The third-order valence-corrected chi connectivity index (χ3v) is 5.93. The minimum absolute atomic E-state index is 0.0292. The second-order valence-electron chi connectivity index (χ2n) is 9.04.